The van der Waals surface area contributed by atoms with Gasteiger partial charge in [0.15, 0.2) is 0 Å². The summed E-state index contributed by atoms with van der Waals surface area (Å²) in [7, 11) is 1.40. The Hall–Kier alpha value is -2.21. The first-order valence-electron chi connectivity index (χ1n) is 8.26. The number of carbonyl (C=O) groups excluding carboxylic acids is 3. The molecule has 0 bridgehead atoms. The second-order valence-electron chi connectivity index (χ2n) is 6.46. The lowest BCUT2D eigenvalue weighted by molar-refractivity contribution is -0.147. The van der Waals surface area contributed by atoms with Crippen molar-refractivity contribution in [3.05, 3.63) is 29.8 Å². The maximum Gasteiger partial charge on any atom is 0.308 e. The second-order valence-corrected chi connectivity index (χ2v) is 6.46. The zero-order valence-corrected chi connectivity index (χ0v) is 14.0. The molecule has 2 aliphatic rings. The summed E-state index contributed by atoms with van der Waals surface area (Å²) in [6.45, 7) is 3.22. The van der Waals surface area contributed by atoms with Crippen LogP contribution in [-0.4, -0.2) is 48.9 Å². The van der Waals surface area contributed by atoms with Gasteiger partial charge < -0.3 is 4.74 Å². The van der Waals surface area contributed by atoms with Gasteiger partial charge in [0, 0.05) is 0 Å². The summed E-state index contributed by atoms with van der Waals surface area (Å²) >= 11 is 0. The highest BCUT2D eigenvalue weighted by Gasteiger charge is 2.43. The molecular formula is C18H22N2O4. The van der Waals surface area contributed by atoms with Crippen LogP contribution < -0.4 is 4.90 Å². The molecule has 0 radical (unpaired) electrons. The highest BCUT2D eigenvalue weighted by molar-refractivity contribution is 6.22. The average molecular weight is 330 g/mol. The van der Waals surface area contributed by atoms with E-state index in [2.05, 4.69) is 0 Å². The lowest BCUT2D eigenvalue weighted by atomic mass is 9.95. The predicted molar refractivity (Wildman–Crippen MR) is 88.4 cm³/mol. The van der Waals surface area contributed by atoms with Crippen molar-refractivity contribution in [1.29, 1.82) is 0 Å². The zero-order chi connectivity index (χ0) is 17.3. The molecule has 24 heavy (non-hydrogen) atoms. The molecule has 128 valence electrons. The lowest BCUT2D eigenvalue weighted by Gasteiger charge is -2.33. The summed E-state index contributed by atoms with van der Waals surface area (Å²) in [4.78, 5) is 40.0. The molecule has 1 aromatic rings. The first-order valence-corrected chi connectivity index (χ1v) is 8.26. The van der Waals surface area contributed by atoms with Crippen LogP contribution >= 0.6 is 0 Å². The van der Waals surface area contributed by atoms with E-state index in [1.807, 2.05) is 24.0 Å². The molecule has 2 heterocycles. The van der Waals surface area contributed by atoms with Crippen LogP contribution in [-0.2, 0) is 19.1 Å². The van der Waals surface area contributed by atoms with Crippen molar-refractivity contribution in [2.24, 2.45) is 5.92 Å². The summed E-state index contributed by atoms with van der Waals surface area (Å²) in [6.07, 6.45) is 1.53. The molecule has 2 amide bonds. The quantitative estimate of drug-likeness (QED) is 0.621. The van der Waals surface area contributed by atoms with Gasteiger partial charge in [-0.05, 0) is 45.0 Å². The van der Waals surface area contributed by atoms with Crippen molar-refractivity contribution >= 4 is 23.5 Å². The van der Waals surface area contributed by atoms with Gasteiger partial charge in [0.2, 0.25) is 5.91 Å². The number of imide groups is 1. The van der Waals surface area contributed by atoms with E-state index < -0.39 is 6.04 Å². The van der Waals surface area contributed by atoms with Gasteiger partial charge in [-0.2, -0.15) is 0 Å². The van der Waals surface area contributed by atoms with Crippen LogP contribution in [0, 0.1) is 12.8 Å². The lowest BCUT2D eigenvalue weighted by Crippen LogP contribution is -2.46. The van der Waals surface area contributed by atoms with Crippen LogP contribution in [0.4, 0.5) is 5.69 Å². The number of methoxy groups -OCH3 is 1. The second kappa shape index (κ2) is 6.73. The number of rotatable bonds is 3. The smallest absolute Gasteiger partial charge is 0.308 e. The van der Waals surface area contributed by atoms with Gasteiger partial charge in [0.1, 0.15) is 0 Å². The van der Waals surface area contributed by atoms with E-state index in [4.69, 9.17) is 4.74 Å². The minimum absolute atomic E-state index is 0.105. The number of hydrogen-bond acceptors (Lipinski definition) is 5. The summed E-state index contributed by atoms with van der Waals surface area (Å²) < 4.78 is 4.79. The van der Waals surface area contributed by atoms with Crippen LogP contribution in [0.15, 0.2) is 24.3 Å². The summed E-state index contributed by atoms with van der Waals surface area (Å²) in [5, 5.41) is 0. The monoisotopic (exact) mass is 330 g/mol. The Morgan fingerprint density at radius 2 is 1.75 bits per heavy atom. The number of anilines is 1. The van der Waals surface area contributed by atoms with Gasteiger partial charge in [-0.15, -0.1) is 0 Å². The molecule has 6 nitrogen and oxygen atoms in total. The number of amides is 2. The Balaban J connectivity index is 1.68. The highest BCUT2D eigenvalue weighted by atomic mass is 16.5. The molecular weight excluding hydrogens is 308 g/mol. The molecule has 1 aromatic carbocycles. The van der Waals surface area contributed by atoms with E-state index in [1.165, 1.54) is 12.0 Å². The highest BCUT2D eigenvalue weighted by Crippen LogP contribution is 2.29. The largest absolute Gasteiger partial charge is 0.469 e. The van der Waals surface area contributed by atoms with E-state index in [0.29, 0.717) is 31.6 Å². The van der Waals surface area contributed by atoms with Gasteiger partial charge in [0.25, 0.3) is 5.91 Å². The van der Waals surface area contributed by atoms with E-state index in [-0.39, 0.29) is 30.1 Å². The molecule has 2 saturated heterocycles. The third-order valence-corrected chi connectivity index (χ3v) is 4.92. The summed E-state index contributed by atoms with van der Waals surface area (Å²) in [6, 6.07) is 6.97. The number of aryl methyl sites for hydroxylation is 1. The third-order valence-electron chi connectivity index (χ3n) is 4.92. The number of likely N-dealkylation sites (tertiary alicyclic amines) is 1. The molecule has 2 aliphatic heterocycles. The van der Waals surface area contributed by atoms with Crippen molar-refractivity contribution < 1.29 is 19.1 Å². The van der Waals surface area contributed by atoms with E-state index >= 15 is 0 Å². The zero-order valence-electron chi connectivity index (χ0n) is 14.0. The van der Waals surface area contributed by atoms with Crippen molar-refractivity contribution in [2.75, 3.05) is 25.1 Å². The minimum atomic E-state index is -0.419. The Labute approximate surface area is 141 Å². The van der Waals surface area contributed by atoms with Crippen LogP contribution in [0.25, 0.3) is 0 Å². The average Bonchev–Trinajstić information content (AvgIpc) is 2.90. The van der Waals surface area contributed by atoms with Gasteiger partial charge in [0.05, 0.1) is 31.2 Å². The number of carbonyl (C=O) groups is 3. The maximum atomic E-state index is 12.7. The number of hydrogen-bond donors (Lipinski definition) is 0. The van der Waals surface area contributed by atoms with E-state index in [9.17, 15) is 14.4 Å². The fraction of sp³-hybridized carbons (Fsp3) is 0.500. The number of benzene rings is 1. The van der Waals surface area contributed by atoms with Crippen LogP contribution in [0.1, 0.15) is 24.8 Å². The van der Waals surface area contributed by atoms with Crippen LogP contribution in [0.3, 0.4) is 0 Å². The van der Waals surface area contributed by atoms with Crippen molar-refractivity contribution in [3.8, 4) is 0 Å². The number of ether oxygens (including phenoxy) is 1. The molecule has 0 aliphatic carbocycles. The normalized spacial score (nSPS) is 22.9. The fourth-order valence-corrected chi connectivity index (χ4v) is 3.48. The van der Waals surface area contributed by atoms with E-state index in [1.54, 1.807) is 12.1 Å². The molecule has 6 heteroatoms. The third kappa shape index (κ3) is 3.06. The van der Waals surface area contributed by atoms with Gasteiger partial charge in [-0.3, -0.25) is 19.3 Å². The predicted octanol–water partition coefficient (Wildman–Crippen LogP) is 1.51. The molecule has 1 atom stereocenters. The molecule has 1 unspecified atom stereocenters. The van der Waals surface area contributed by atoms with Crippen molar-refractivity contribution in [2.45, 2.75) is 32.2 Å². The molecule has 0 saturated carbocycles. The molecule has 0 aromatic heterocycles. The topological polar surface area (TPSA) is 66.9 Å². The van der Waals surface area contributed by atoms with Gasteiger partial charge in [-0.1, -0.05) is 17.7 Å². The Morgan fingerprint density at radius 1 is 1.12 bits per heavy atom. The summed E-state index contributed by atoms with van der Waals surface area (Å²) in [5.41, 5.74) is 1.71. The van der Waals surface area contributed by atoms with Crippen molar-refractivity contribution in [3.63, 3.8) is 0 Å². The molecule has 2 fully saturated rings. The first kappa shape index (κ1) is 16.6. The van der Waals surface area contributed by atoms with Crippen LogP contribution in [0.5, 0.6) is 0 Å². The SMILES string of the molecule is COC(=O)C1CCN(C2CC(=O)N(c3ccc(C)cc3)C2=O)CC1. The maximum absolute atomic E-state index is 12.7. The number of esters is 1. The molecule has 0 N–H and O–H groups in total. The van der Waals surface area contributed by atoms with Gasteiger partial charge >= 0.3 is 5.97 Å². The number of piperidine rings is 1. The van der Waals surface area contributed by atoms with Crippen LogP contribution in [0.2, 0.25) is 0 Å². The number of nitrogens with zero attached hydrogens (tertiary/aromatic N) is 2. The Bertz CT molecular complexity index is 647. The minimum Gasteiger partial charge on any atom is -0.469 e. The van der Waals surface area contributed by atoms with Gasteiger partial charge in [-0.25, -0.2) is 4.90 Å². The fourth-order valence-electron chi connectivity index (χ4n) is 3.48. The Morgan fingerprint density at radius 3 is 2.33 bits per heavy atom. The standard InChI is InChI=1S/C18H22N2O4/c1-12-3-5-14(6-4-12)20-16(21)11-15(17(20)22)19-9-7-13(8-10-19)18(23)24-2/h3-6,13,15H,7-11H2,1-2H3. The molecule has 0 spiro atoms. The Kier molecular flexibility index (Phi) is 4.66. The molecule has 3 rings (SSSR count). The van der Waals surface area contributed by atoms with E-state index in [0.717, 1.165) is 5.56 Å². The summed E-state index contributed by atoms with van der Waals surface area (Å²) in [5.74, 6) is -0.624. The first-order chi connectivity index (χ1) is 11.5. The van der Waals surface area contributed by atoms with Crippen molar-refractivity contribution in [1.82, 2.24) is 4.90 Å².